The number of halogens is 1. The average molecular weight is 272 g/mol. The molecule has 2 aromatic heterocycles. The van der Waals surface area contributed by atoms with Crippen LogP contribution >= 0.6 is 0 Å². The molecule has 0 radical (unpaired) electrons. The summed E-state index contributed by atoms with van der Waals surface area (Å²) in [6, 6.07) is 6.27. The van der Waals surface area contributed by atoms with E-state index < -0.39 is 0 Å². The normalized spacial score (nSPS) is 10.9. The highest BCUT2D eigenvalue weighted by atomic mass is 19.1. The fraction of sp³-hybridized carbons (Fsp3) is 0.143. The molecule has 2 heterocycles. The molecule has 6 heteroatoms. The number of hydrogen-bond donors (Lipinski definition) is 2. The van der Waals surface area contributed by atoms with Crippen molar-refractivity contribution in [3.63, 3.8) is 0 Å². The number of benzene rings is 1. The summed E-state index contributed by atoms with van der Waals surface area (Å²) < 4.78 is 18.5. The predicted molar refractivity (Wildman–Crippen MR) is 74.7 cm³/mol. The van der Waals surface area contributed by atoms with Crippen LogP contribution in [0.3, 0.4) is 0 Å². The zero-order valence-electron chi connectivity index (χ0n) is 10.9. The van der Waals surface area contributed by atoms with Crippen molar-refractivity contribution in [2.45, 2.75) is 13.5 Å². The van der Waals surface area contributed by atoms with Gasteiger partial charge >= 0.3 is 0 Å². The van der Waals surface area contributed by atoms with Crippen LogP contribution in [0.1, 0.15) is 11.3 Å². The Hall–Kier alpha value is -2.63. The quantitative estimate of drug-likeness (QED) is 0.766. The molecule has 0 amide bonds. The van der Waals surface area contributed by atoms with E-state index in [1.807, 2.05) is 13.0 Å². The van der Waals surface area contributed by atoms with Crippen LogP contribution in [0.15, 0.2) is 34.9 Å². The summed E-state index contributed by atoms with van der Waals surface area (Å²) in [6.45, 7) is 2.42. The molecule has 20 heavy (non-hydrogen) atoms. The van der Waals surface area contributed by atoms with E-state index in [9.17, 15) is 4.39 Å². The third kappa shape index (κ3) is 2.40. The third-order valence-corrected chi connectivity index (χ3v) is 2.92. The van der Waals surface area contributed by atoms with E-state index >= 15 is 0 Å². The van der Waals surface area contributed by atoms with E-state index in [0.29, 0.717) is 17.9 Å². The van der Waals surface area contributed by atoms with Gasteiger partial charge in [-0.2, -0.15) is 4.98 Å². The summed E-state index contributed by atoms with van der Waals surface area (Å²) in [6.07, 6.45) is 1.68. The van der Waals surface area contributed by atoms with E-state index in [4.69, 9.17) is 10.2 Å². The second-order valence-corrected chi connectivity index (χ2v) is 4.51. The SMILES string of the molecule is Cc1cc(CNc2nc(N)nc3cc(F)ccc23)co1. The fourth-order valence-corrected chi connectivity index (χ4v) is 2.03. The minimum atomic E-state index is -0.355. The van der Waals surface area contributed by atoms with Crippen molar-refractivity contribution in [3.8, 4) is 0 Å². The Bertz CT molecular complexity index is 764. The summed E-state index contributed by atoms with van der Waals surface area (Å²) >= 11 is 0. The van der Waals surface area contributed by atoms with Crippen LogP contribution in [-0.4, -0.2) is 9.97 Å². The number of nitrogens with zero attached hydrogens (tertiary/aromatic N) is 2. The summed E-state index contributed by atoms with van der Waals surface area (Å²) in [7, 11) is 0. The van der Waals surface area contributed by atoms with Crippen LogP contribution < -0.4 is 11.1 Å². The maximum atomic E-state index is 13.2. The standard InChI is InChI=1S/C14H13FN4O/c1-8-4-9(7-20-8)6-17-13-11-3-2-10(15)5-12(11)18-14(16)19-13/h2-5,7H,6H2,1H3,(H3,16,17,18,19). The lowest BCUT2D eigenvalue weighted by Gasteiger charge is -2.08. The number of rotatable bonds is 3. The van der Waals surface area contributed by atoms with Crippen LogP contribution in [0.25, 0.3) is 10.9 Å². The van der Waals surface area contributed by atoms with Gasteiger partial charge in [0.15, 0.2) is 0 Å². The molecule has 5 nitrogen and oxygen atoms in total. The second kappa shape index (κ2) is 4.80. The Kier molecular flexibility index (Phi) is 2.98. The van der Waals surface area contributed by atoms with Gasteiger partial charge < -0.3 is 15.5 Å². The first kappa shape index (κ1) is 12.4. The smallest absolute Gasteiger partial charge is 0.222 e. The van der Waals surface area contributed by atoms with Gasteiger partial charge in [0.2, 0.25) is 5.95 Å². The number of nitrogens with two attached hydrogens (primary N) is 1. The fourth-order valence-electron chi connectivity index (χ4n) is 2.03. The lowest BCUT2D eigenvalue weighted by molar-refractivity contribution is 0.532. The number of hydrogen-bond acceptors (Lipinski definition) is 5. The second-order valence-electron chi connectivity index (χ2n) is 4.51. The van der Waals surface area contributed by atoms with Gasteiger partial charge in [-0.1, -0.05) is 0 Å². The van der Waals surface area contributed by atoms with E-state index in [-0.39, 0.29) is 11.8 Å². The first-order valence-corrected chi connectivity index (χ1v) is 6.12. The van der Waals surface area contributed by atoms with E-state index in [0.717, 1.165) is 16.7 Å². The van der Waals surface area contributed by atoms with Crippen LogP contribution in [0.5, 0.6) is 0 Å². The molecule has 0 atom stereocenters. The number of nitrogen functional groups attached to an aromatic ring is 1. The zero-order valence-corrected chi connectivity index (χ0v) is 10.9. The first-order chi connectivity index (χ1) is 9.61. The van der Waals surface area contributed by atoms with Gasteiger partial charge in [-0.3, -0.25) is 0 Å². The highest BCUT2D eigenvalue weighted by Gasteiger charge is 2.07. The number of aryl methyl sites for hydroxylation is 1. The molecule has 0 unspecified atom stereocenters. The number of furan rings is 1. The maximum Gasteiger partial charge on any atom is 0.222 e. The zero-order chi connectivity index (χ0) is 14.1. The molecule has 0 spiro atoms. The lowest BCUT2D eigenvalue weighted by atomic mass is 10.2. The molecular weight excluding hydrogens is 259 g/mol. The molecule has 0 saturated carbocycles. The van der Waals surface area contributed by atoms with Crippen LogP contribution in [0.4, 0.5) is 16.2 Å². The average Bonchev–Trinajstić information content (AvgIpc) is 2.81. The van der Waals surface area contributed by atoms with Gasteiger partial charge in [-0.25, -0.2) is 9.37 Å². The Morgan fingerprint density at radius 1 is 1.30 bits per heavy atom. The van der Waals surface area contributed by atoms with Crippen molar-refractivity contribution >= 4 is 22.7 Å². The van der Waals surface area contributed by atoms with Crippen molar-refractivity contribution < 1.29 is 8.81 Å². The molecule has 1 aromatic carbocycles. The molecule has 0 bridgehead atoms. The minimum absolute atomic E-state index is 0.106. The van der Waals surface area contributed by atoms with E-state index in [2.05, 4.69) is 15.3 Å². The number of fused-ring (bicyclic) bond motifs is 1. The first-order valence-electron chi connectivity index (χ1n) is 6.12. The third-order valence-electron chi connectivity index (χ3n) is 2.92. The molecule has 3 N–H and O–H groups in total. The monoisotopic (exact) mass is 272 g/mol. The molecule has 3 rings (SSSR count). The Balaban J connectivity index is 1.94. The Morgan fingerprint density at radius 2 is 2.15 bits per heavy atom. The number of aromatic nitrogens is 2. The predicted octanol–water partition coefficient (Wildman–Crippen LogP) is 2.86. The van der Waals surface area contributed by atoms with Crippen molar-refractivity contribution in [1.29, 1.82) is 0 Å². The van der Waals surface area contributed by atoms with Gasteiger partial charge in [-0.05, 0) is 25.1 Å². The van der Waals surface area contributed by atoms with Gasteiger partial charge in [0.05, 0.1) is 11.8 Å². The molecule has 0 aliphatic heterocycles. The van der Waals surface area contributed by atoms with Gasteiger partial charge in [0, 0.05) is 23.6 Å². The van der Waals surface area contributed by atoms with Crippen LogP contribution in [0.2, 0.25) is 0 Å². The summed E-state index contributed by atoms with van der Waals surface area (Å²) in [4.78, 5) is 8.18. The minimum Gasteiger partial charge on any atom is -0.469 e. The van der Waals surface area contributed by atoms with Gasteiger partial charge in [0.1, 0.15) is 17.4 Å². The lowest BCUT2D eigenvalue weighted by Crippen LogP contribution is -2.05. The van der Waals surface area contributed by atoms with Crippen molar-refractivity contribution in [2.24, 2.45) is 0 Å². The van der Waals surface area contributed by atoms with Gasteiger partial charge in [0.25, 0.3) is 0 Å². The Labute approximate surface area is 114 Å². The number of anilines is 2. The number of nitrogens with one attached hydrogen (secondary N) is 1. The Morgan fingerprint density at radius 3 is 2.90 bits per heavy atom. The van der Waals surface area contributed by atoms with Crippen LogP contribution in [0, 0.1) is 12.7 Å². The van der Waals surface area contributed by atoms with Crippen molar-refractivity contribution in [1.82, 2.24) is 9.97 Å². The molecule has 0 aliphatic rings. The van der Waals surface area contributed by atoms with Gasteiger partial charge in [-0.15, -0.1) is 0 Å². The largest absolute Gasteiger partial charge is 0.469 e. The molecular formula is C14H13FN4O. The van der Waals surface area contributed by atoms with E-state index in [1.165, 1.54) is 12.1 Å². The van der Waals surface area contributed by atoms with Crippen molar-refractivity contribution in [2.75, 3.05) is 11.1 Å². The molecule has 0 aliphatic carbocycles. The molecule has 0 fully saturated rings. The molecule has 0 saturated heterocycles. The summed E-state index contributed by atoms with van der Waals surface area (Å²) in [5, 5.41) is 3.89. The van der Waals surface area contributed by atoms with E-state index in [1.54, 1.807) is 12.3 Å². The highest BCUT2D eigenvalue weighted by Crippen LogP contribution is 2.22. The topological polar surface area (TPSA) is 77.0 Å². The van der Waals surface area contributed by atoms with Crippen LogP contribution in [-0.2, 0) is 6.54 Å². The van der Waals surface area contributed by atoms with Crippen molar-refractivity contribution in [3.05, 3.63) is 47.7 Å². The highest BCUT2D eigenvalue weighted by molar-refractivity contribution is 5.89. The molecule has 102 valence electrons. The molecule has 3 aromatic rings. The summed E-state index contributed by atoms with van der Waals surface area (Å²) in [5.74, 6) is 1.17. The maximum absolute atomic E-state index is 13.2. The summed E-state index contributed by atoms with van der Waals surface area (Å²) in [5.41, 5.74) is 7.12.